The molecule has 4 nitrogen and oxygen atoms in total. The van der Waals surface area contributed by atoms with E-state index in [9.17, 15) is 9.59 Å². The van der Waals surface area contributed by atoms with Crippen LogP contribution in [-0.2, 0) is 4.43 Å². The highest BCUT2D eigenvalue weighted by molar-refractivity contribution is 6.51. The van der Waals surface area contributed by atoms with Crippen LogP contribution < -0.4 is 4.43 Å². The minimum Gasteiger partial charge on any atom is -0.480 e. The summed E-state index contributed by atoms with van der Waals surface area (Å²) >= 11 is 0. The summed E-state index contributed by atoms with van der Waals surface area (Å²) < 4.78 is 9.36. The molecular weight excluding hydrogens is 200 g/mol. The lowest BCUT2D eigenvalue weighted by Gasteiger charge is -2.16. The molecule has 0 amide bonds. The number of hydrogen-bond donors (Lipinski definition) is 2. The Balaban J connectivity index is 2.91. The van der Waals surface area contributed by atoms with Crippen molar-refractivity contribution in [3.05, 3.63) is 36.4 Å². The van der Waals surface area contributed by atoms with E-state index in [1.807, 2.05) is 0 Å². The smallest absolute Gasteiger partial charge is 0.480 e. The molecule has 0 atom stereocenters. The number of benzene rings is 1. The summed E-state index contributed by atoms with van der Waals surface area (Å²) in [7, 11) is -2.83. The van der Waals surface area contributed by atoms with E-state index < -0.39 is 9.05 Å². The van der Waals surface area contributed by atoms with Gasteiger partial charge in [0, 0.05) is 12.7 Å². The normalized spacial score (nSPS) is 11.1. The van der Waals surface area contributed by atoms with Crippen molar-refractivity contribution in [1.82, 2.24) is 0 Å². The first-order chi connectivity index (χ1) is 6.59. The maximum atomic E-state index is 9.21. The SMILES string of the molecule is C=Cc1ccccc1O[Si](O)(O)OC. The minimum absolute atomic E-state index is 0.348. The molecule has 0 aliphatic rings. The van der Waals surface area contributed by atoms with Gasteiger partial charge in [-0.15, -0.1) is 0 Å². The highest BCUT2D eigenvalue weighted by Gasteiger charge is 2.38. The van der Waals surface area contributed by atoms with E-state index in [0.29, 0.717) is 11.3 Å². The first-order valence-electron chi connectivity index (χ1n) is 3.99. The van der Waals surface area contributed by atoms with Gasteiger partial charge in [-0.3, -0.25) is 0 Å². The zero-order valence-electron chi connectivity index (χ0n) is 7.80. The van der Waals surface area contributed by atoms with Gasteiger partial charge in [-0.2, -0.15) is 0 Å². The van der Waals surface area contributed by atoms with Crippen LogP contribution >= 0.6 is 0 Å². The first kappa shape index (κ1) is 10.9. The maximum Gasteiger partial charge on any atom is 0.743 e. The summed E-state index contributed by atoms with van der Waals surface area (Å²) in [5.41, 5.74) is 0.685. The molecule has 0 bridgehead atoms. The Kier molecular flexibility index (Phi) is 3.42. The van der Waals surface area contributed by atoms with Crippen LogP contribution in [-0.4, -0.2) is 25.7 Å². The fraction of sp³-hybridized carbons (Fsp3) is 0.111. The number of rotatable bonds is 4. The van der Waals surface area contributed by atoms with E-state index in [2.05, 4.69) is 11.0 Å². The number of para-hydroxylation sites is 1. The van der Waals surface area contributed by atoms with Gasteiger partial charge in [-0.1, -0.05) is 30.9 Å². The molecule has 0 saturated carbocycles. The van der Waals surface area contributed by atoms with Gasteiger partial charge in [0.1, 0.15) is 5.75 Å². The van der Waals surface area contributed by atoms with E-state index >= 15 is 0 Å². The molecule has 0 aromatic heterocycles. The molecule has 1 aromatic rings. The standard InChI is InChI=1S/C9H12O4Si/c1-3-8-6-4-5-7-9(8)13-14(10,11)12-2/h3-7,10-11H,1H2,2H3. The molecule has 1 aromatic carbocycles. The van der Waals surface area contributed by atoms with Crippen LogP contribution in [0, 0.1) is 0 Å². The van der Waals surface area contributed by atoms with Crippen LogP contribution in [0.4, 0.5) is 0 Å². The predicted molar refractivity (Wildman–Crippen MR) is 54.4 cm³/mol. The van der Waals surface area contributed by atoms with Gasteiger partial charge in [0.25, 0.3) is 0 Å². The monoisotopic (exact) mass is 212 g/mol. The quantitative estimate of drug-likeness (QED) is 0.724. The lowest BCUT2D eigenvalue weighted by Crippen LogP contribution is -2.45. The van der Waals surface area contributed by atoms with E-state index in [4.69, 9.17) is 4.43 Å². The van der Waals surface area contributed by atoms with E-state index in [-0.39, 0.29) is 0 Å². The molecule has 0 radical (unpaired) electrons. The number of hydrogen-bond acceptors (Lipinski definition) is 4. The van der Waals surface area contributed by atoms with Crippen LogP contribution in [0.5, 0.6) is 5.75 Å². The van der Waals surface area contributed by atoms with Crippen molar-refractivity contribution >= 4 is 15.1 Å². The summed E-state index contributed by atoms with van der Waals surface area (Å²) in [6.07, 6.45) is 1.56. The average molecular weight is 212 g/mol. The highest BCUT2D eigenvalue weighted by Crippen LogP contribution is 2.20. The van der Waals surface area contributed by atoms with Crippen LogP contribution in [0.3, 0.4) is 0 Å². The third kappa shape index (κ3) is 2.68. The summed E-state index contributed by atoms with van der Waals surface area (Å²) in [5.74, 6) is 0.348. The Morgan fingerprint density at radius 1 is 1.36 bits per heavy atom. The van der Waals surface area contributed by atoms with Gasteiger partial charge >= 0.3 is 9.05 Å². The second-order valence-corrected chi connectivity index (χ2v) is 4.31. The highest BCUT2D eigenvalue weighted by atomic mass is 28.4. The van der Waals surface area contributed by atoms with Gasteiger partial charge in [0.15, 0.2) is 0 Å². The molecule has 76 valence electrons. The predicted octanol–water partition coefficient (Wildman–Crippen LogP) is 0.775. The lowest BCUT2D eigenvalue weighted by atomic mass is 10.2. The first-order valence-corrected chi connectivity index (χ1v) is 5.70. The van der Waals surface area contributed by atoms with Crippen LogP contribution in [0.15, 0.2) is 30.8 Å². The van der Waals surface area contributed by atoms with Crippen LogP contribution in [0.1, 0.15) is 5.56 Å². The molecule has 2 N–H and O–H groups in total. The van der Waals surface area contributed by atoms with Crippen molar-refractivity contribution in [2.24, 2.45) is 0 Å². The molecule has 0 spiro atoms. The van der Waals surface area contributed by atoms with Crippen molar-refractivity contribution in [2.45, 2.75) is 0 Å². The van der Waals surface area contributed by atoms with Crippen molar-refractivity contribution in [1.29, 1.82) is 0 Å². The van der Waals surface area contributed by atoms with Crippen molar-refractivity contribution in [3.8, 4) is 5.75 Å². The summed E-state index contributed by atoms with van der Waals surface area (Å²) in [4.78, 5) is 18.4. The molecule has 0 fully saturated rings. The molecule has 1 rings (SSSR count). The zero-order chi connectivity index (χ0) is 10.6. The van der Waals surface area contributed by atoms with Gasteiger partial charge in [-0.25, -0.2) is 0 Å². The second kappa shape index (κ2) is 4.38. The van der Waals surface area contributed by atoms with Crippen LogP contribution in [0.2, 0.25) is 0 Å². The van der Waals surface area contributed by atoms with E-state index in [0.717, 1.165) is 0 Å². The second-order valence-electron chi connectivity index (χ2n) is 2.60. The zero-order valence-corrected chi connectivity index (χ0v) is 8.80. The third-order valence-corrected chi connectivity index (χ3v) is 2.67. The van der Waals surface area contributed by atoms with Gasteiger partial charge in [-0.05, 0) is 6.07 Å². The average Bonchev–Trinajstić information content (AvgIpc) is 2.18. The third-order valence-electron chi connectivity index (χ3n) is 1.65. The lowest BCUT2D eigenvalue weighted by molar-refractivity contribution is 0.0982. The summed E-state index contributed by atoms with van der Waals surface area (Å²) in [6.45, 7) is 3.58. The molecular formula is C9H12O4Si. The van der Waals surface area contributed by atoms with Gasteiger partial charge < -0.3 is 18.4 Å². The molecule has 0 aliphatic carbocycles. The van der Waals surface area contributed by atoms with Crippen molar-refractivity contribution in [3.63, 3.8) is 0 Å². The largest absolute Gasteiger partial charge is 0.743 e. The summed E-state index contributed by atoms with van der Waals surface area (Å²) in [6, 6.07) is 6.89. The Morgan fingerprint density at radius 3 is 2.57 bits per heavy atom. The van der Waals surface area contributed by atoms with Crippen molar-refractivity contribution < 1.29 is 18.4 Å². The molecule has 5 heteroatoms. The fourth-order valence-corrected chi connectivity index (χ4v) is 1.48. The Labute approximate surface area is 83.5 Å². The Morgan fingerprint density at radius 2 is 2.00 bits per heavy atom. The topological polar surface area (TPSA) is 58.9 Å². The molecule has 0 aliphatic heterocycles. The van der Waals surface area contributed by atoms with Crippen molar-refractivity contribution in [2.75, 3.05) is 7.11 Å². The van der Waals surface area contributed by atoms with E-state index in [1.54, 1.807) is 30.3 Å². The molecule has 0 saturated heterocycles. The Hall–Kier alpha value is -1.14. The van der Waals surface area contributed by atoms with E-state index in [1.165, 1.54) is 7.11 Å². The molecule has 0 heterocycles. The molecule has 14 heavy (non-hydrogen) atoms. The maximum absolute atomic E-state index is 9.21. The summed E-state index contributed by atoms with van der Waals surface area (Å²) in [5, 5.41) is 0. The fourth-order valence-electron chi connectivity index (χ4n) is 0.927. The minimum atomic E-state index is -4.01. The van der Waals surface area contributed by atoms with Crippen LogP contribution in [0.25, 0.3) is 6.08 Å². The van der Waals surface area contributed by atoms with Gasteiger partial charge in [0.2, 0.25) is 0 Å². The Bertz CT molecular complexity index is 324. The van der Waals surface area contributed by atoms with Gasteiger partial charge in [0.05, 0.1) is 0 Å². The molecule has 0 unspecified atom stereocenters.